The van der Waals surface area contributed by atoms with Gasteiger partial charge < -0.3 is 4.74 Å². The van der Waals surface area contributed by atoms with E-state index in [4.69, 9.17) is 4.74 Å². The normalized spacial score (nSPS) is 13.0. The molecule has 0 aromatic heterocycles. The maximum absolute atomic E-state index is 11.6. The van der Waals surface area contributed by atoms with Crippen LogP contribution in [0.25, 0.3) is 0 Å². The third-order valence-corrected chi connectivity index (χ3v) is 4.13. The SMILES string of the molecule is CCCCCC=CCC=CCC=CCC=CCCC(C)(C)C(=O)OC. The van der Waals surface area contributed by atoms with E-state index in [0.717, 1.165) is 32.1 Å². The Morgan fingerprint density at radius 3 is 1.76 bits per heavy atom. The summed E-state index contributed by atoms with van der Waals surface area (Å²) in [5.74, 6) is -0.136. The van der Waals surface area contributed by atoms with Crippen LogP contribution in [-0.2, 0) is 9.53 Å². The van der Waals surface area contributed by atoms with Crippen molar-refractivity contribution >= 4 is 5.97 Å². The Morgan fingerprint density at radius 2 is 1.28 bits per heavy atom. The van der Waals surface area contributed by atoms with Gasteiger partial charge in [-0.2, -0.15) is 0 Å². The molecule has 0 radical (unpaired) electrons. The van der Waals surface area contributed by atoms with Gasteiger partial charge in [0.25, 0.3) is 0 Å². The largest absolute Gasteiger partial charge is 0.469 e. The Hall–Kier alpha value is -1.57. The number of carbonyl (C=O) groups is 1. The average molecular weight is 347 g/mol. The van der Waals surface area contributed by atoms with E-state index in [1.165, 1.54) is 32.8 Å². The molecule has 142 valence electrons. The predicted octanol–water partition coefficient (Wildman–Crippen LogP) is 6.94. The van der Waals surface area contributed by atoms with Gasteiger partial charge in [0.15, 0.2) is 0 Å². The number of hydrogen-bond donors (Lipinski definition) is 0. The summed E-state index contributed by atoms with van der Waals surface area (Å²) in [5, 5.41) is 0. The van der Waals surface area contributed by atoms with Gasteiger partial charge in [0, 0.05) is 0 Å². The highest BCUT2D eigenvalue weighted by Crippen LogP contribution is 2.24. The van der Waals surface area contributed by atoms with Crippen molar-refractivity contribution in [2.24, 2.45) is 5.41 Å². The van der Waals surface area contributed by atoms with Gasteiger partial charge in [-0.15, -0.1) is 0 Å². The van der Waals surface area contributed by atoms with Gasteiger partial charge in [-0.1, -0.05) is 68.4 Å². The van der Waals surface area contributed by atoms with E-state index in [-0.39, 0.29) is 5.97 Å². The van der Waals surface area contributed by atoms with Crippen molar-refractivity contribution in [2.45, 2.75) is 78.6 Å². The number of esters is 1. The number of carbonyl (C=O) groups excluding carboxylic acids is 1. The minimum Gasteiger partial charge on any atom is -0.469 e. The first-order valence-electron chi connectivity index (χ1n) is 9.73. The molecule has 2 heteroatoms. The Bertz CT molecular complexity index is 439. The van der Waals surface area contributed by atoms with E-state index < -0.39 is 5.41 Å². The van der Waals surface area contributed by atoms with Gasteiger partial charge in [0.05, 0.1) is 12.5 Å². The molecule has 2 nitrogen and oxygen atoms in total. The lowest BCUT2D eigenvalue weighted by molar-refractivity contribution is -0.151. The summed E-state index contributed by atoms with van der Waals surface area (Å²) in [6.07, 6.45) is 27.5. The third-order valence-electron chi connectivity index (χ3n) is 4.13. The lowest BCUT2D eigenvalue weighted by Crippen LogP contribution is -2.25. The third kappa shape index (κ3) is 14.5. The second kappa shape index (κ2) is 15.9. The summed E-state index contributed by atoms with van der Waals surface area (Å²) in [5.41, 5.74) is -0.399. The topological polar surface area (TPSA) is 26.3 Å². The summed E-state index contributed by atoms with van der Waals surface area (Å²) in [6.45, 7) is 6.10. The summed E-state index contributed by atoms with van der Waals surface area (Å²) in [4.78, 5) is 11.6. The number of rotatable bonds is 14. The summed E-state index contributed by atoms with van der Waals surface area (Å²) >= 11 is 0. The van der Waals surface area contributed by atoms with Crippen molar-refractivity contribution in [3.05, 3.63) is 48.6 Å². The zero-order chi connectivity index (χ0) is 18.8. The fourth-order valence-electron chi connectivity index (χ4n) is 2.38. The van der Waals surface area contributed by atoms with Crippen LogP contribution in [0.2, 0.25) is 0 Å². The fraction of sp³-hybridized carbons (Fsp3) is 0.609. The molecule has 0 amide bonds. The van der Waals surface area contributed by atoms with Gasteiger partial charge in [-0.3, -0.25) is 4.79 Å². The van der Waals surface area contributed by atoms with Crippen LogP contribution >= 0.6 is 0 Å². The van der Waals surface area contributed by atoms with Crippen molar-refractivity contribution in [1.29, 1.82) is 0 Å². The molecular formula is C23H38O2. The van der Waals surface area contributed by atoms with E-state index >= 15 is 0 Å². The molecule has 25 heavy (non-hydrogen) atoms. The molecule has 0 spiro atoms. The summed E-state index contributed by atoms with van der Waals surface area (Å²) < 4.78 is 4.81. The standard InChI is InChI=1S/C23H38O2/c1-5-6-7-8-9-10-11-12-13-14-15-16-17-18-19-20-21-23(2,3)22(24)25-4/h9-10,12-13,15-16,18-19H,5-8,11,14,17,20-21H2,1-4H3. The van der Waals surface area contributed by atoms with Gasteiger partial charge >= 0.3 is 5.97 Å². The number of unbranched alkanes of at least 4 members (excludes halogenated alkanes) is 3. The van der Waals surface area contributed by atoms with Crippen LogP contribution in [0.15, 0.2) is 48.6 Å². The molecule has 0 N–H and O–H groups in total. The highest BCUT2D eigenvalue weighted by Gasteiger charge is 2.27. The van der Waals surface area contributed by atoms with Gasteiger partial charge in [0.2, 0.25) is 0 Å². The van der Waals surface area contributed by atoms with Crippen molar-refractivity contribution in [2.75, 3.05) is 7.11 Å². The maximum Gasteiger partial charge on any atom is 0.311 e. The number of allylic oxidation sites excluding steroid dienone is 8. The molecule has 0 unspecified atom stereocenters. The smallest absolute Gasteiger partial charge is 0.311 e. The van der Waals surface area contributed by atoms with E-state index in [1.54, 1.807) is 0 Å². The van der Waals surface area contributed by atoms with E-state index in [1.807, 2.05) is 13.8 Å². The van der Waals surface area contributed by atoms with Crippen molar-refractivity contribution in [1.82, 2.24) is 0 Å². The molecular weight excluding hydrogens is 308 g/mol. The second-order valence-electron chi connectivity index (χ2n) is 7.00. The first-order chi connectivity index (χ1) is 12.0. The predicted molar refractivity (Wildman–Crippen MR) is 110 cm³/mol. The number of ether oxygens (including phenoxy) is 1. The zero-order valence-corrected chi connectivity index (χ0v) is 16.8. The fourth-order valence-corrected chi connectivity index (χ4v) is 2.38. The Kier molecular flexibility index (Phi) is 14.9. The van der Waals surface area contributed by atoms with Crippen molar-refractivity contribution < 1.29 is 9.53 Å². The summed E-state index contributed by atoms with van der Waals surface area (Å²) in [6, 6.07) is 0. The summed E-state index contributed by atoms with van der Waals surface area (Å²) in [7, 11) is 1.45. The molecule has 0 aliphatic carbocycles. The Morgan fingerprint density at radius 1 is 0.800 bits per heavy atom. The van der Waals surface area contributed by atoms with E-state index in [0.29, 0.717) is 0 Å². The first-order valence-corrected chi connectivity index (χ1v) is 9.73. The van der Waals surface area contributed by atoms with Gasteiger partial charge in [-0.05, 0) is 58.8 Å². The number of methoxy groups -OCH3 is 1. The Labute approximate surface area is 155 Å². The molecule has 0 rings (SSSR count). The molecule has 0 fully saturated rings. The molecule has 0 bridgehead atoms. The van der Waals surface area contributed by atoms with Crippen LogP contribution in [-0.4, -0.2) is 13.1 Å². The molecule has 0 aromatic carbocycles. The monoisotopic (exact) mass is 346 g/mol. The highest BCUT2D eigenvalue weighted by molar-refractivity contribution is 5.75. The molecule has 0 saturated heterocycles. The molecule has 0 saturated carbocycles. The lowest BCUT2D eigenvalue weighted by atomic mass is 9.88. The van der Waals surface area contributed by atoms with Crippen LogP contribution in [0, 0.1) is 5.41 Å². The van der Waals surface area contributed by atoms with Crippen LogP contribution < -0.4 is 0 Å². The maximum atomic E-state index is 11.6. The number of hydrogen-bond acceptors (Lipinski definition) is 2. The molecule has 0 heterocycles. The lowest BCUT2D eigenvalue weighted by Gasteiger charge is -2.20. The highest BCUT2D eigenvalue weighted by atomic mass is 16.5. The Balaban J connectivity index is 3.66. The van der Waals surface area contributed by atoms with E-state index in [2.05, 4.69) is 55.5 Å². The molecule has 0 aromatic rings. The van der Waals surface area contributed by atoms with Gasteiger partial charge in [0.1, 0.15) is 0 Å². The molecule has 0 aliphatic rings. The first kappa shape index (κ1) is 23.4. The van der Waals surface area contributed by atoms with Crippen LogP contribution in [0.5, 0.6) is 0 Å². The van der Waals surface area contributed by atoms with Gasteiger partial charge in [-0.25, -0.2) is 0 Å². The zero-order valence-electron chi connectivity index (χ0n) is 16.8. The quantitative estimate of drug-likeness (QED) is 0.193. The minimum atomic E-state index is -0.399. The molecule has 0 atom stereocenters. The molecule has 0 aliphatic heterocycles. The van der Waals surface area contributed by atoms with Crippen LogP contribution in [0.4, 0.5) is 0 Å². The van der Waals surface area contributed by atoms with Crippen LogP contribution in [0.1, 0.15) is 78.6 Å². The minimum absolute atomic E-state index is 0.136. The van der Waals surface area contributed by atoms with Crippen molar-refractivity contribution in [3.8, 4) is 0 Å². The van der Waals surface area contributed by atoms with Crippen LogP contribution in [0.3, 0.4) is 0 Å². The average Bonchev–Trinajstić information content (AvgIpc) is 2.60. The van der Waals surface area contributed by atoms with E-state index in [9.17, 15) is 4.79 Å². The second-order valence-corrected chi connectivity index (χ2v) is 7.00. The van der Waals surface area contributed by atoms with Crippen molar-refractivity contribution in [3.63, 3.8) is 0 Å².